The van der Waals surface area contributed by atoms with Crippen LogP contribution < -0.4 is 0 Å². The van der Waals surface area contributed by atoms with E-state index in [-0.39, 0.29) is 18.1 Å². The Morgan fingerprint density at radius 2 is 1.97 bits per heavy atom. The molecule has 1 aliphatic heterocycles. The standard InChI is InChI=1S/C31H35NO6/c1-19-13-25-26(34)15-24-23-14-21-9-6-10-22(21)29(23)32(11-12-37-18-20-7-4-3-5-8-20)38-31(24,28(36)17-33)30(25,2)16-27(19)35/h3-5,7-8,13,15,19,27,33,35H,6,9-12,14,16-18H2,1-2H3/t19-,27-,30-,31+/m0/s1. The number of ether oxygens (including phenoxy) is 1. The molecule has 0 bridgehead atoms. The van der Waals surface area contributed by atoms with Crippen LogP contribution >= 0.6 is 0 Å². The van der Waals surface area contributed by atoms with Crippen molar-refractivity contribution in [2.75, 3.05) is 19.8 Å². The van der Waals surface area contributed by atoms with E-state index < -0.39 is 29.5 Å². The molecule has 0 saturated heterocycles. The molecule has 1 aromatic carbocycles. The molecule has 5 aliphatic rings. The zero-order valence-corrected chi connectivity index (χ0v) is 22.0. The second-order valence-corrected chi connectivity index (χ2v) is 11.4. The molecule has 0 saturated carbocycles. The van der Waals surface area contributed by atoms with E-state index in [0.717, 1.165) is 36.1 Å². The highest BCUT2D eigenvalue weighted by molar-refractivity contribution is 6.12. The molecule has 0 aromatic heterocycles. The number of hydrogen-bond acceptors (Lipinski definition) is 7. The average molecular weight is 518 g/mol. The highest BCUT2D eigenvalue weighted by Gasteiger charge is 2.67. The number of carbonyl (C=O) groups excluding carboxylic acids is 2. The predicted octanol–water partition coefficient (Wildman–Crippen LogP) is 3.73. The molecule has 6 rings (SSSR count). The topological polar surface area (TPSA) is 96.3 Å². The summed E-state index contributed by atoms with van der Waals surface area (Å²) < 4.78 is 6.00. The Hall–Kier alpha value is -2.84. The molecule has 38 heavy (non-hydrogen) atoms. The third-order valence-electron chi connectivity index (χ3n) is 9.15. The van der Waals surface area contributed by atoms with Crippen LogP contribution in [0.5, 0.6) is 0 Å². The van der Waals surface area contributed by atoms with E-state index in [1.54, 1.807) is 17.2 Å². The molecule has 4 aliphatic carbocycles. The molecule has 4 atom stereocenters. The number of hydroxylamine groups is 2. The van der Waals surface area contributed by atoms with Gasteiger partial charge in [-0.05, 0) is 54.9 Å². The van der Waals surface area contributed by atoms with Crippen molar-refractivity contribution in [2.24, 2.45) is 11.3 Å². The van der Waals surface area contributed by atoms with Gasteiger partial charge >= 0.3 is 0 Å². The van der Waals surface area contributed by atoms with Gasteiger partial charge in [-0.2, -0.15) is 0 Å². The molecular weight excluding hydrogens is 482 g/mol. The fourth-order valence-corrected chi connectivity index (χ4v) is 7.21. The number of aliphatic hydroxyl groups excluding tert-OH is 2. The summed E-state index contributed by atoms with van der Waals surface area (Å²) in [6, 6.07) is 9.95. The number of benzene rings is 1. The first-order chi connectivity index (χ1) is 18.3. The lowest BCUT2D eigenvalue weighted by atomic mass is 9.52. The van der Waals surface area contributed by atoms with Crippen LogP contribution in [0.1, 0.15) is 51.5 Å². The van der Waals surface area contributed by atoms with Gasteiger partial charge in [-0.25, -0.2) is 5.06 Å². The lowest BCUT2D eigenvalue weighted by Gasteiger charge is -2.57. The number of Topliss-reactive ketones (excluding diaryl/α,β-unsaturated/α-hetero) is 1. The molecule has 2 N–H and O–H groups in total. The van der Waals surface area contributed by atoms with Gasteiger partial charge in [0.2, 0.25) is 0 Å². The Morgan fingerprint density at radius 1 is 1.18 bits per heavy atom. The van der Waals surface area contributed by atoms with Crippen molar-refractivity contribution >= 4 is 11.6 Å². The summed E-state index contributed by atoms with van der Waals surface area (Å²) in [6.45, 7) is 4.19. The number of fused-ring (bicyclic) bond motifs is 5. The Balaban J connectivity index is 1.42. The lowest BCUT2D eigenvalue weighted by molar-refractivity contribution is -0.252. The van der Waals surface area contributed by atoms with E-state index in [2.05, 4.69) is 0 Å². The minimum Gasteiger partial charge on any atom is -0.392 e. The Labute approximate surface area is 223 Å². The van der Waals surface area contributed by atoms with Crippen molar-refractivity contribution in [3.8, 4) is 0 Å². The quantitative estimate of drug-likeness (QED) is 0.532. The van der Waals surface area contributed by atoms with E-state index in [1.807, 2.05) is 44.2 Å². The Bertz CT molecular complexity index is 1310. The first kappa shape index (κ1) is 25.4. The van der Waals surface area contributed by atoms with Crippen molar-refractivity contribution in [1.29, 1.82) is 0 Å². The number of rotatable bonds is 7. The SMILES string of the molecule is C[C@H]1C=C2C(=O)C=C3C4=C(C5=C(CCC5)C4)N(CCOCc4ccccc4)O[C@]3(C(=O)CO)[C@@]2(C)C[C@@H]1O. The Kier molecular flexibility index (Phi) is 6.30. The third-order valence-corrected chi connectivity index (χ3v) is 9.15. The second kappa shape index (κ2) is 9.42. The van der Waals surface area contributed by atoms with Gasteiger partial charge in [-0.1, -0.05) is 55.8 Å². The zero-order valence-electron chi connectivity index (χ0n) is 22.0. The zero-order chi connectivity index (χ0) is 26.7. The summed E-state index contributed by atoms with van der Waals surface area (Å²) in [5.41, 5.74) is 3.81. The van der Waals surface area contributed by atoms with Crippen LogP contribution in [-0.4, -0.2) is 58.3 Å². The van der Waals surface area contributed by atoms with E-state index in [0.29, 0.717) is 37.3 Å². The van der Waals surface area contributed by atoms with E-state index in [9.17, 15) is 19.8 Å². The highest BCUT2D eigenvalue weighted by atomic mass is 16.7. The van der Waals surface area contributed by atoms with Gasteiger partial charge in [0.15, 0.2) is 17.2 Å². The summed E-state index contributed by atoms with van der Waals surface area (Å²) in [6.07, 6.45) is 6.45. The van der Waals surface area contributed by atoms with Crippen molar-refractivity contribution < 1.29 is 29.4 Å². The highest BCUT2D eigenvalue weighted by Crippen LogP contribution is 2.62. The smallest absolute Gasteiger partial charge is 0.198 e. The molecule has 0 spiro atoms. The summed E-state index contributed by atoms with van der Waals surface area (Å²) in [7, 11) is 0. The van der Waals surface area contributed by atoms with E-state index in [4.69, 9.17) is 9.57 Å². The molecule has 1 heterocycles. The molecule has 0 unspecified atom stereocenters. The number of nitrogens with zero attached hydrogens (tertiary/aromatic N) is 1. The summed E-state index contributed by atoms with van der Waals surface area (Å²) in [5.74, 6) is -0.874. The fourth-order valence-electron chi connectivity index (χ4n) is 7.21. The van der Waals surface area contributed by atoms with Crippen LogP contribution in [0.2, 0.25) is 0 Å². The maximum absolute atomic E-state index is 13.8. The van der Waals surface area contributed by atoms with Gasteiger partial charge in [0.25, 0.3) is 0 Å². The molecule has 0 fully saturated rings. The van der Waals surface area contributed by atoms with Crippen molar-refractivity contribution in [1.82, 2.24) is 5.06 Å². The van der Waals surface area contributed by atoms with Crippen molar-refractivity contribution in [3.63, 3.8) is 0 Å². The number of allylic oxidation sites excluding steroid dienone is 3. The van der Waals surface area contributed by atoms with Gasteiger partial charge in [0.1, 0.15) is 6.61 Å². The predicted molar refractivity (Wildman–Crippen MR) is 140 cm³/mol. The van der Waals surface area contributed by atoms with Gasteiger partial charge in [-0.3, -0.25) is 14.4 Å². The number of carbonyl (C=O) groups is 2. The first-order valence-corrected chi connectivity index (χ1v) is 13.6. The van der Waals surface area contributed by atoms with Crippen LogP contribution in [-0.2, 0) is 25.8 Å². The summed E-state index contributed by atoms with van der Waals surface area (Å²) >= 11 is 0. The van der Waals surface area contributed by atoms with E-state index in [1.165, 1.54) is 11.1 Å². The fraction of sp³-hybridized carbons (Fsp3) is 0.484. The molecule has 200 valence electrons. The average Bonchev–Trinajstić information content (AvgIpc) is 3.51. The monoisotopic (exact) mass is 517 g/mol. The minimum absolute atomic E-state index is 0.148. The van der Waals surface area contributed by atoms with Gasteiger partial charge in [0.05, 0.1) is 31.6 Å². The van der Waals surface area contributed by atoms with Gasteiger partial charge in [-0.15, -0.1) is 0 Å². The van der Waals surface area contributed by atoms with Crippen molar-refractivity contribution in [3.05, 3.63) is 81.6 Å². The van der Waals surface area contributed by atoms with Crippen LogP contribution in [0.25, 0.3) is 0 Å². The normalized spacial score (nSPS) is 32.0. The van der Waals surface area contributed by atoms with Gasteiger partial charge < -0.3 is 14.9 Å². The molecule has 7 nitrogen and oxygen atoms in total. The number of ketones is 2. The minimum atomic E-state index is -1.61. The van der Waals surface area contributed by atoms with E-state index >= 15 is 0 Å². The maximum atomic E-state index is 13.8. The van der Waals surface area contributed by atoms with Crippen LogP contribution in [0.4, 0.5) is 0 Å². The summed E-state index contributed by atoms with van der Waals surface area (Å²) in [4.78, 5) is 34.2. The lowest BCUT2D eigenvalue weighted by Crippen LogP contribution is -2.66. The van der Waals surface area contributed by atoms with Crippen LogP contribution in [0.15, 0.2) is 76.0 Å². The number of hydrogen-bond donors (Lipinski definition) is 2. The number of aliphatic hydroxyl groups is 2. The molecular formula is C31H35NO6. The molecule has 7 heteroatoms. The maximum Gasteiger partial charge on any atom is 0.198 e. The molecule has 0 radical (unpaired) electrons. The third kappa shape index (κ3) is 3.63. The largest absolute Gasteiger partial charge is 0.392 e. The second-order valence-electron chi connectivity index (χ2n) is 11.4. The van der Waals surface area contributed by atoms with Crippen LogP contribution in [0.3, 0.4) is 0 Å². The van der Waals surface area contributed by atoms with Crippen molar-refractivity contribution in [2.45, 2.75) is 64.3 Å². The molecule has 0 amide bonds. The summed E-state index contributed by atoms with van der Waals surface area (Å²) in [5, 5.41) is 23.0. The van der Waals surface area contributed by atoms with Gasteiger partial charge in [0, 0.05) is 22.5 Å². The molecule has 1 aromatic rings. The van der Waals surface area contributed by atoms with Crippen LogP contribution in [0, 0.1) is 11.3 Å². The Morgan fingerprint density at radius 3 is 2.74 bits per heavy atom. The first-order valence-electron chi connectivity index (χ1n) is 13.6.